The number of amides is 1. The number of likely N-dealkylation sites (tertiary alicyclic amines) is 1. The number of nitrogens with zero attached hydrogens (tertiary/aromatic N) is 2. The fourth-order valence-corrected chi connectivity index (χ4v) is 1.76. The second-order valence-corrected chi connectivity index (χ2v) is 4.18. The van der Waals surface area contributed by atoms with Crippen LogP contribution in [0, 0.1) is 11.3 Å². The average molecular weight is 210 g/mol. The van der Waals surface area contributed by atoms with Crippen molar-refractivity contribution in [1.82, 2.24) is 4.90 Å². The summed E-state index contributed by atoms with van der Waals surface area (Å²) in [5.74, 6) is -0.253. The van der Waals surface area contributed by atoms with Gasteiger partial charge in [0.05, 0.1) is 6.07 Å². The second-order valence-electron chi connectivity index (χ2n) is 4.18. The van der Waals surface area contributed by atoms with Crippen LogP contribution in [-0.4, -0.2) is 36.0 Å². The van der Waals surface area contributed by atoms with E-state index in [0.717, 1.165) is 26.1 Å². The largest absolute Gasteiger partial charge is 0.370 e. The first kappa shape index (κ1) is 12.0. The standard InChI is InChI=1S/C10H18N4O/c11-8-10(13)3-6-14(7-4-10)5-1-2-9(12)15/h1-7,13H2,(H2,12,15). The molecule has 1 fully saturated rings. The van der Waals surface area contributed by atoms with Gasteiger partial charge in [0.25, 0.3) is 0 Å². The summed E-state index contributed by atoms with van der Waals surface area (Å²) in [6.07, 6.45) is 2.64. The first-order chi connectivity index (χ1) is 7.06. The Hall–Kier alpha value is -1.12. The summed E-state index contributed by atoms with van der Waals surface area (Å²) in [6, 6.07) is 2.15. The number of hydrogen-bond donors (Lipinski definition) is 2. The molecular formula is C10H18N4O. The summed E-state index contributed by atoms with van der Waals surface area (Å²) in [7, 11) is 0. The molecule has 1 saturated heterocycles. The highest BCUT2D eigenvalue weighted by molar-refractivity contribution is 5.73. The van der Waals surface area contributed by atoms with Gasteiger partial charge in [-0.25, -0.2) is 0 Å². The lowest BCUT2D eigenvalue weighted by atomic mass is 9.90. The number of primary amides is 1. The smallest absolute Gasteiger partial charge is 0.217 e. The maximum Gasteiger partial charge on any atom is 0.217 e. The molecule has 1 heterocycles. The summed E-state index contributed by atoms with van der Waals surface area (Å²) in [4.78, 5) is 12.8. The topological polar surface area (TPSA) is 96.1 Å². The van der Waals surface area contributed by atoms with Gasteiger partial charge in [-0.1, -0.05) is 0 Å². The monoisotopic (exact) mass is 210 g/mol. The van der Waals surface area contributed by atoms with E-state index in [9.17, 15) is 4.79 Å². The van der Waals surface area contributed by atoms with Gasteiger partial charge in [0.15, 0.2) is 0 Å². The van der Waals surface area contributed by atoms with E-state index in [-0.39, 0.29) is 5.91 Å². The van der Waals surface area contributed by atoms with E-state index in [4.69, 9.17) is 16.7 Å². The minimum atomic E-state index is -0.639. The van der Waals surface area contributed by atoms with Crippen LogP contribution in [-0.2, 0) is 4.79 Å². The first-order valence-electron chi connectivity index (χ1n) is 5.26. The van der Waals surface area contributed by atoms with Gasteiger partial charge in [0.2, 0.25) is 5.91 Å². The number of hydrogen-bond acceptors (Lipinski definition) is 4. The SMILES string of the molecule is N#CC1(N)CCN(CCCC(N)=O)CC1. The summed E-state index contributed by atoms with van der Waals surface area (Å²) in [5, 5.41) is 8.83. The van der Waals surface area contributed by atoms with Gasteiger partial charge in [0, 0.05) is 19.5 Å². The fraction of sp³-hybridized carbons (Fsp3) is 0.800. The third-order valence-corrected chi connectivity index (χ3v) is 2.87. The molecule has 0 bridgehead atoms. The normalized spacial score (nSPS) is 20.8. The molecule has 84 valence electrons. The molecule has 5 nitrogen and oxygen atoms in total. The zero-order valence-corrected chi connectivity index (χ0v) is 8.91. The van der Waals surface area contributed by atoms with Crippen molar-refractivity contribution in [2.45, 2.75) is 31.2 Å². The minimum Gasteiger partial charge on any atom is -0.370 e. The molecule has 1 rings (SSSR count). The van der Waals surface area contributed by atoms with Crippen molar-refractivity contribution in [3.8, 4) is 6.07 Å². The Morgan fingerprint density at radius 2 is 2.07 bits per heavy atom. The van der Waals surface area contributed by atoms with Crippen LogP contribution in [0.5, 0.6) is 0 Å². The van der Waals surface area contributed by atoms with Crippen molar-refractivity contribution in [2.75, 3.05) is 19.6 Å². The van der Waals surface area contributed by atoms with Crippen LogP contribution in [0.15, 0.2) is 0 Å². The van der Waals surface area contributed by atoms with Crippen LogP contribution >= 0.6 is 0 Å². The highest BCUT2D eigenvalue weighted by Gasteiger charge is 2.29. The summed E-state index contributed by atoms with van der Waals surface area (Å²) < 4.78 is 0. The van der Waals surface area contributed by atoms with Gasteiger partial charge >= 0.3 is 0 Å². The number of piperidine rings is 1. The van der Waals surface area contributed by atoms with E-state index >= 15 is 0 Å². The van der Waals surface area contributed by atoms with Gasteiger partial charge in [-0.05, 0) is 25.8 Å². The predicted octanol–water partition coefficient (Wildman–Crippen LogP) is -0.431. The molecule has 1 aliphatic heterocycles. The van der Waals surface area contributed by atoms with E-state index in [1.807, 2.05) is 0 Å². The third kappa shape index (κ3) is 3.86. The molecular weight excluding hydrogens is 192 g/mol. The predicted molar refractivity (Wildman–Crippen MR) is 56.6 cm³/mol. The Bertz CT molecular complexity index is 263. The van der Waals surface area contributed by atoms with Gasteiger partial charge in [0.1, 0.15) is 5.54 Å². The van der Waals surface area contributed by atoms with Crippen LogP contribution in [0.2, 0.25) is 0 Å². The van der Waals surface area contributed by atoms with E-state index in [1.54, 1.807) is 0 Å². The summed E-state index contributed by atoms with van der Waals surface area (Å²) >= 11 is 0. The molecule has 0 radical (unpaired) electrons. The maximum atomic E-state index is 10.5. The van der Waals surface area contributed by atoms with E-state index in [0.29, 0.717) is 19.3 Å². The summed E-state index contributed by atoms with van der Waals surface area (Å²) in [6.45, 7) is 2.54. The van der Waals surface area contributed by atoms with Crippen molar-refractivity contribution in [3.63, 3.8) is 0 Å². The van der Waals surface area contributed by atoms with Crippen molar-refractivity contribution in [3.05, 3.63) is 0 Å². The minimum absolute atomic E-state index is 0.253. The molecule has 1 amide bonds. The lowest BCUT2D eigenvalue weighted by molar-refractivity contribution is -0.118. The molecule has 0 unspecified atom stereocenters. The molecule has 0 atom stereocenters. The van der Waals surface area contributed by atoms with Gasteiger partial charge < -0.3 is 16.4 Å². The number of nitrogens with two attached hydrogens (primary N) is 2. The molecule has 15 heavy (non-hydrogen) atoms. The first-order valence-corrected chi connectivity index (χ1v) is 5.26. The van der Waals surface area contributed by atoms with Crippen molar-refractivity contribution in [1.29, 1.82) is 5.26 Å². The van der Waals surface area contributed by atoms with E-state index in [1.165, 1.54) is 0 Å². The highest BCUT2D eigenvalue weighted by atomic mass is 16.1. The highest BCUT2D eigenvalue weighted by Crippen LogP contribution is 2.18. The van der Waals surface area contributed by atoms with Gasteiger partial charge in [-0.15, -0.1) is 0 Å². The zero-order valence-electron chi connectivity index (χ0n) is 8.91. The van der Waals surface area contributed by atoms with E-state index < -0.39 is 5.54 Å². The van der Waals surface area contributed by atoms with Crippen LogP contribution < -0.4 is 11.5 Å². The molecule has 0 spiro atoms. The Kier molecular flexibility index (Phi) is 4.06. The van der Waals surface area contributed by atoms with Crippen molar-refractivity contribution >= 4 is 5.91 Å². The Morgan fingerprint density at radius 3 is 2.53 bits per heavy atom. The zero-order chi connectivity index (χ0) is 11.3. The van der Waals surface area contributed by atoms with Crippen LogP contribution in [0.1, 0.15) is 25.7 Å². The van der Waals surface area contributed by atoms with E-state index in [2.05, 4.69) is 11.0 Å². The molecule has 0 aliphatic carbocycles. The van der Waals surface area contributed by atoms with Crippen molar-refractivity contribution < 1.29 is 4.79 Å². The van der Waals surface area contributed by atoms with Gasteiger partial charge in [-0.3, -0.25) is 4.79 Å². The molecule has 0 aromatic rings. The molecule has 0 aromatic carbocycles. The quantitative estimate of drug-likeness (QED) is 0.658. The molecule has 0 aromatic heterocycles. The van der Waals surface area contributed by atoms with Gasteiger partial charge in [-0.2, -0.15) is 5.26 Å². The maximum absolute atomic E-state index is 10.5. The van der Waals surface area contributed by atoms with Crippen LogP contribution in [0.3, 0.4) is 0 Å². The number of carbonyl (C=O) groups excluding carboxylic acids is 1. The molecule has 1 aliphatic rings. The third-order valence-electron chi connectivity index (χ3n) is 2.87. The molecule has 4 N–H and O–H groups in total. The average Bonchev–Trinajstić information content (AvgIpc) is 2.21. The molecule has 0 saturated carbocycles. The van der Waals surface area contributed by atoms with Crippen LogP contribution in [0.25, 0.3) is 0 Å². The fourth-order valence-electron chi connectivity index (χ4n) is 1.76. The summed E-state index contributed by atoms with van der Waals surface area (Å²) in [5.41, 5.74) is 10.2. The molecule has 5 heteroatoms. The number of carbonyl (C=O) groups is 1. The lowest BCUT2D eigenvalue weighted by Crippen LogP contribution is -2.49. The van der Waals surface area contributed by atoms with Crippen LogP contribution in [0.4, 0.5) is 0 Å². The second kappa shape index (κ2) is 5.10. The Morgan fingerprint density at radius 1 is 1.47 bits per heavy atom. The number of nitriles is 1. The lowest BCUT2D eigenvalue weighted by Gasteiger charge is -2.34. The van der Waals surface area contributed by atoms with Crippen molar-refractivity contribution in [2.24, 2.45) is 11.5 Å². The Labute approximate surface area is 90.0 Å². The Balaban J connectivity index is 2.21. The number of rotatable bonds is 4.